The number of oxazole rings is 1. The molecule has 0 saturated carbocycles. The summed E-state index contributed by atoms with van der Waals surface area (Å²) in [6.07, 6.45) is 2.29. The number of aliphatic carboxylic acids is 2. The number of thiocarbonyl (C=S) groups is 1. The number of hydrogen-bond donors (Lipinski definition) is 3. The second-order valence-corrected chi connectivity index (χ2v) is 14.4. The predicted molar refractivity (Wildman–Crippen MR) is 172 cm³/mol. The van der Waals surface area contributed by atoms with Gasteiger partial charge in [-0.25, -0.2) is 0 Å². The van der Waals surface area contributed by atoms with Gasteiger partial charge in [-0.1, -0.05) is 24.0 Å². The Labute approximate surface area is 274 Å². The monoisotopic (exact) mass is 715 g/mol. The lowest BCUT2D eigenvalue weighted by Gasteiger charge is -2.21. The number of carboxylic acid groups (broad SMARTS) is 2. The van der Waals surface area contributed by atoms with Gasteiger partial charge in [-0.15, -0.1) is 0 Å². The molecular weight excluding hydrogens is 687 g/mol. The fourth-order valence-electron chi connectivity index (χ4n) is 4.83. The standard InChI is InChI=1S/C26H29N5O11S4/c1-13(9-15-29(14(2)12-44-15)7-5-6-8-46(39,40)41)18-22(36)27(3)21(30(18)10-16(32)33)19-23(37)31(11-17(34)35)25(42-19)20-24(38)28(4)26(43)45-20/h9,12H,5-8,10-11H2,1-4H3,(H,32,33)(H,34,35)(H,39,40,41)/b15-9-,18-13+,21-19+,25-20+. The van der Waals surface area contributed by atoms with E-state index < -0.39 is 63.1 Å². The Bertz CT molecular complexity index is 2190. The van der Waals surface area contributed by atoms with Crippen LogP contribution >= 0.6 is 35.7 Å². The highest BCUT2D eigenvalue weighted by molar-refractivity contribution is 8.30. The number of carboxylic acids is 2. The Balaban J connectivity index is 2.02. The molecule has 2 aliphatic heterocycles. The normalized spacial score (nSPS) is 19.0. The minimum Gasteiger partial charge on any atom is -0.480 e. The third-order valence-electron chi connectivity index (χ3n) is 6.97. The first kappa shape index (κ1) is 35.0. The van der Waals surface area contributed by atoms with Crippen LogP contribution in [0.4, 0.5) is 0 Å². The molecule has 2 aliphatic rings. The molecule has 0 atom stereocenters. The van der Waals surface area contributed by atoms with Crippen LogP contribution in [0, 0.1) is 10.9 Å². The molecule has 0 aromatic carbocycles. The number of carbonyl (C=O) groups is 3. The summed E-state index contributed by atoms with van der Waals surface area (Å²) in [6.45, 7) is 2.13. The Morgan fingerprint density at radius 3 is 2.24 bits per heavy atom. The van der Waals surface area contributed by atoms with Crippen molar-refractivity contribution in [3.8, 4) is 0 Å². The van der Waals surface area contributed by atoms with Crippen molar-refractivity contribution >= 4 is 78.5 Å². The molecule has 2 aromatic heterocycles. The molecule has 0 bridgehead atoms. The smallest absolute Gasteiger partial charge is 0.323 e. The highest BCUT2D eigenvalue weighted by atomic mass is 32.2. The van der Waals surface area contributed by atoms with Gasteiger partial charge in [-0.05, 0) is 55.5 Å². The average Bonchev–Trinajstić information content (AvgIpc) is 3.60. The number of unbranched alkanes of at least 4 members (excludes halogenated alkanes) is 1. The van der Waals surface area contributed by atoms with Crippen LogP contribution in [0.25, 0.3) is 10.5 Å². The van der Waals surface area contributed by atoms with Crippen molar-refractivity contribution in [2.45, 2.75) is 39.8 Å². The van der Waals surface area contributed by atoms with E-state index in [4.69, 9.17) is 21.2 Å². The Morgan fingerprint density at radius 2 is 1.67 bits per heavy atom. The molecule has 4 heterocycles. The first-order chi connectivity index (χ1) is 21.4. The van der Waals surface area contributed by atoms with E-state index in [2.05, 4.69) is 0 Å². The van der Waals surface area contributed by atoms with Crippen LogP contribution in [-0.4, -0.2) is 88.2 Å². The zero-order valence-electron chi connectivity index (χ0n) is 24.9. The maximum atomic E-state index is 13.7. The van der Waals surface area contributed by atoms with Crippen molar-refractivity contribution in [3.63, 3.8) is 0 Å². The van der Waals surface area contributed by atoms with Gasteiger partial charge in [0, 0.05) is 26.3 Å². The molecule has 0 radical (unpaired) electrons. The molecule has 0 unspecified atom stereocenters. The molecule has 20 heteroatoms. The van der Waals surface area contributed by atoms with Gasteiger partial charge in [-0.3, -0.25) is 42.6 Å². The third kappa shape index (κ3) is 7.09. The largest absolute Gasteiger partial charge is 0.480 e. The van der Waals surface area contributed by atoms with Gasteiger partial charge in [0.1, 0.15) is 27.7 Å². The summed E-state index contributed by atoms with van der Waals surface area (Å²) >= 11 is 7.28. The minimum atomic E-state index is -4.10. The van der Waals surface area contributed by atoms with E-state index in [1.807, 2.05) is 17.2 Å². The van der Waals surface area contributed by atoms with Crippen LogP contribution < -0.4 is 22.0 Å². The zero-order chi connectivity index (χ0) is 34.2. The van der Waals surface area contributed by atoms with Crippen molar-refractivity contribution in [2.24, 2.45) is 7.05 Å². The van der Waals surface area contributed by atoms with Gasteiger partial charge in [0.25, 0.3) is 21.6 Å². The summed E-state index contributed by atoms with van der Waals surface area (Å²) in [4.78, 5) is 66.7. The topological polar surface area (TPSA) is 215 Å². The molecule has 16 nitrogen and oxygen atoms in total. The molecular formula is C26H29N5O11S4. The van der Waals surface area contributed by atoms with Gasteiger partial charge in [0.2, 0.25) is 11.0 Å². The van der Waals surface area contributed by atoms with Crippen molar-refractivity contribution in [1.82, 2.24) is 23.5 Å². The molecule has 4 rings (SSSR count). The van der Waals surface area contributed by atoms with Crippen molar-refractivity contribution in [2.75, 3.05) is 19.3 Å². The van der Waals surface area contributed by atoms with Crippen LogP contribution in [0.3, 0.4) is 0 Å². The van der Waals surface area contributed by atoms with E-state index in [9.17, 15) is 42.6 Å². The first-order valence-electron chi connectivity index (χ1n) is 13.4. The van der Waals surface area contributed by atoms with Gasteiger partial charge < -0.3 is 24.1 Å². The highest BCUT2D eigenvalue weighted by Crippen LogP contribution is 2.35. The van der Waals surface area contributed by atoms with E-state index in [-0.39, 0.29) is 32.2 Å². The number of allylic oxidation sites excluding steroid dienone is 2. The van der Waals surface area contributed by atoms with E-state index >= 15 is 0 Å². The fraction of sp³-hybridized carbons (Fsp3) is 0.385. The lowest BCUT2D eigenvalue weighted by atomic mass is 10.2. The second kappa shape index (κ2) is 13.5. The molecule has 1 fully saturated rings. The average molecular weight is 716 g/mol. The summed E-state index contributed by atoms with van der Waals surface area (Å²) in [5.41, 5.74) is -1.76. The van der Waals surface area contributed by atoms with Crippen LogP contribution in [0.15, 0.2) is 36.2 Å². The number of hydrogen-bond acceptors (Lipinski definition) is 12. The van der Waals surface area contributed by atoms with Crippen LogP contribution in [0.1, 0.15) is 26.7 Å². The predicted octanol–water partition coefficient (Wildman–Crippen LogP) is -0.414. The fourth-order valence-corrected chi connectivity index (χ4v) is 7.61. The SMILES string of the molecule is CC1=CS/C(=C\C(C)=c2/c(=O)n(C)/c(=c3\o/c(=C4/SC(=S)N(C)C4=O)n(CC(=O)O)c3=O)n2CC(=O)O)N1CCCCS(=O)(=O)O. The van der Waals surface area contributed by atoms with E-state index in [1.165, 1.54) is 25.9 Å². The second-order valence-electron chi connectivity index (χ2n) is 10.3. The van der Waals surface area contributed by atoms with E-state index in [0.29, 0.717) is 28.1 Å². The van der Waals surface area contributed by atoms with Gasteiger partial charge in [0.15, 0.2) is 5.48 Å². The lowest BCUT2D eigenvalue weighted by Crippen LogP contribution is -2.34. The number of amides is 1. The van der Waals surface area contributed by atoms with Gasteiger partial charge >= 0.3 is 17.5 Å². The molecule has 0 aliphatic carbocycles. The molecule has 248 valence electrons. The molecule has 2 aromatic rings. The Morgan fingerprint density at radius 1 is 1.04 bits per heavy atom. The maximum absolute atomic E-state index is 13.7. The number of nitrogens with zero attached hydrogens (tertiary/aromatic N) is 5. The maximum Gasteiger partial charge on any atom is 0.323 e. The number of aromatic nitrogens is 3. The minimum absolute atomic E-state index is 0.0918. The molecule has 1 saturated heterocycles. The molecule has 1 amide bonds. The van der Waals surface area contributed by atoms with Gasteiger partial charge in [0.05, 0.1) is 10.8 Å². The van der Waals surface area contributed by atoms with Crippen LogP contribution in [-0.2, 0) is 44.6 Å². The van der Waals surface area contributed by atoms with Crippen molar-refractivity contribution in [1.29, 1.82) is 0 Å². The third-order valence-corrected chi connectivity index (χ3v) is 10.3. The van der Waals surface area contributed by atoms with E-state index in [0.717, 1.165) is 31.5 Å². The Hall–Kier alpha value is -3.85. The molecule has 46 heavy (non-hydrogen) atoms. The number of imidazole rings is 1. The number of rotatable bonds is 10. The molecule has 0 spiro atoms. The summed E-state index contributed by atoms with van der Waals surface area (Å²) < 4.78 is 39.9. The van der Waals surface area contributed by atoms with E-state index in [1.54, 1.807) is 13.0 Å². The van der Waals surface area contributed by atoms with Crippen LogP contribution in [0.5, 0.6) is 0 Å². The summed E-state index contributed by atoms with van der Waals surface area (Å²) in [7, 11) is -1.41. The number of thioether (sulfide) groups is 2. The summed E-state index contributed by atoms with van der Waals surface area (Å²) in [5.74, 6) is -3.80. The number of carbonyl (C=O) groups excluding carboxylic acids is 1. The van der Waals surface area contributed by atoms with Crippen molar-refractivity contribution in [3.05, 3.63) is 64.7 Å². The van der Waals surface area contributed by atoms with Gasteiger partial charge in [-0.2, -0.15) is 8.42 Å². The van der Waals surface area contributed by atoms with Crippen molar-refractivity contribution < 1.29 is 42.0 Å². The highest BCUT2D eigenvalue weighted by Gasteiger charge is 2.33. The Kier molecular flexibility index (Phi) is 10.3. The summed E-state index contributed by atoms with van der Waals surface area (Å²) in [6, 6.07) is 0. The lowest BCUT2D eigenvalue weighted by molar-refractivity contribution is -0.138. The van der Waals surface area contributed by atoms with Crippen LogP contribution in [0.2, 0.25) is 0 Å². The summed E-state index contributed by atoms with van der Waals surface area (Å²) in [5, 5.41) is 21.7. The molecule has 3 N–H and O–H groups in total. The zero-order valence-corrected chi connectivity index (χ0v) is 28.1. The quantitative estimate of drug-likeness (QED) is 0.162. The first-order valence-corrected chi connectivity index (χ1v) is 17.1.